The Balaban J connectivity index is 2.37. The molecular weight excluding hydrogens is 241 g/mol. The molecule has 0 aliphatic rings. The number of nitrogens with zero attached hydrogens (tertiary/aromatic N) is 2. The third-order valence-electron chi connectivity index (χ3n) is 3.14. The number of benzene rings is 1. The Morgan fingerprint density at radius 3 is 2.47 bits per heavy atom. The number of hydrogen-bond donors (Lipinski definition) is 1. The minimum absolute atomic E-state index is 0.234. The van der Waals surface area contributed by atoms with Crippen LogP contribution in [0.5, 0.6) is 0 Å². The fraction of sp³-hybridized carbons (Fsp3) is 0.333. The van der Waals surface area contributed by atoms with Crippen LogP contribution in [0, 0.1) is 5.82 Å². The average Bonchev–Trinajstić information content (AvgIpc) is 2.40. The number of halogens is 1. The summed E-state index contributed by atoms with van der Waals surface area (Å²) in [6, 6.07) is 8.32. The standard InChI is InChI=1S/C15H18FN3/c1-4-17-13-9-10-18-14(19-13)15(2,3)11-5-7-12(16)8-6-11/h5-10H,4H2,1-3H3,(H,17,18,19). The van der Waals surface area contributed by atoms with Crippen LogP contribution in [0.15, 0.2) is 36.5 Å². The third kappa shape index (κ3) is 2.89. The Morgan fingerprint density at radius 1 is 1.16 bits per heavy atom. The van der Waals surface area contributed by atoms with E-state index < -0.39 is 0 Å². The Bertz CT molecular complexity index is 550. The summed E-state index contributed by atoms with van der Waals surface area (Å²) in [7, 11) is 0. The van der Waals surface area contributed by atoms with Crippen molar-refractivity contribution in [2.75, 3.05) is 11.9 Å². The van der Waals surface area contributed by atoms with Gasteiger partial charge in [0.25, 0.3) is 0 Å². The summed E-state index contributed by atoms with van der Waals surface area (Å²) < 4.78 is 13.0. The number of nitrogens with one attached hydrogen (secondary N) is 1. The second-order valence-electron chi connectivity index (χ2n) is 4.93. The first-order chi connectivity index (χ1) is 9.04. The van der Waals surface area contributed by atoms with Crippen LogP contribution in [0.3, 0.4) is 0 Å². The molecule has 0 bridgehead atoms. The normalized spacial score (nSPS) is 11.4. The second-order valence-corrected chi connectivity index (χ2v) is 4.93. The smallest absolute Gasteiger partial charge is 0.140 e. The third-order valence-corrected chi connectivity index (χ3v) is 3.14. The maximum atomic E-state index is 13.0. The van der Waals surface area contributed by atoms with Gasteiger partial charge in [-0.2, -0.15) is 0 Å². The number of anilines is 1. The molecule has 0 aliphatic carbocycles. The van der Waals surface area contributed by atoms with Crippen LogP contribution in [0.1, 0.15) is 32.2 Å². The summed E-state index contributed by atoms with van der Waals surface area (Å²) in [6.45, 7) is 6.90. The molecule has 0 atom stereocenters. The lowest BCUT2D eigenvalue weighted by molar-refractivity contribution is 0.583. The molecule has 0 fully saturated rings. The van der Waals surface area contributed by atoms with Crippen molar-refractivity contribution in [3.05, 3.63) is 53.7 Å². The van der Waals surface area contributed by atoms with Gasteiger partial charge in [-0.1, -0.05) is 12.1 Å². The topological polar surface area (TPSA) is 37.8 Å². The van der Waals surface area contributed by atoms with E-state index in [1.807, 2.05) is 26.8 Å². The van der Waals surface area contributed by atoms with Crippen molar-refractivity contribution in [3.8, 4) is 0 Å². The maximum Gasteiger partial charge on any atom is 0.140 e. The van der Waals surface area contributed by atoms with Gasteiger partial charge in [0.05, 0.1) is 0 Å². The van der Waals surface area contributed by atoms with Gasteiger partial charge < -0.3 is 5.32 Å². The van der Waals surface area contributed by atoms with Gasteiger partial charge in [-0.3, -0.25) is 0 Å². The molecule has 2 rings (SSSR count). The van der Waals surface area contributed by atoms with Crippen LogP contribution in [-0.4, -0.2) is 16.5 Å². The Kier molecular flexibility index (Phi) is 3.79. The highest BCUT2D eigenvalue weighted by atomic mass is 19.1. The summed E-state index contributed by atoms with van der Waals surface area (Å²) in [5.41, 5.74) is 0.626. The molecule has 1 aromatic carbocycles. The van der Waals surface area contributed by atoms with Crippen LogP contribution in [-0.2, 0) is 5.41 Å². The van der Waals surface area contributed by atoms with E-state index in [9.17, 15) is 4.39 Å². The molecule has 3 nitrogen and oxygen atoms in total. The highest BCUT2D eigenvalue weighted by Gasteiger charge is 2.26. The van der Waals surface area contributed by atoms with E-state index in [0.29, 0.717) is 0 Å². The molecule has 0 saturated heterocycles. The van der Waals surface area contributed by atoms with Crippen LogP contribution in [0.4, 0.5) is 10.2 Å². The van der Waals surface area contributed by atoms with E-state index in [4.69, 9.17) is 0 Å². The van der Waals surface area contributed by atoms with Gasteiger partial charge in [0.15, 0.2) is 0 Å². The van der Waals surface area contributed by atoms with Crippen LogP contribution in [0.2, 0.25) is 0 Å². The van der Waals surface area contributed by atoms with E-state index >= 15 is 0 Å². The summed E-state index contributed by atoms with van der Waals surface area (Å²) in [4.78, 5) is 8.86. The van der Waals surface area contributed by atoms with Crippen LogP contribution < -0.4 is 5.32 Å². The Hall–Kier alpha value is -1.97. The van der Waals surface area contributed by atoms with E-state index in [1.54, 1.807) is 18.3 Å². The Labute approximate surface area is 112 Å². The molecule has 1 aromatic heterocycles. The van der Waals surface area contributed by atoms with Gasteiger partial charge in [0, 0.05) is 18.2 Å². The Morgan fingerprint density at radius 2 is 1.84 bits per heavy atom. The minimum atomic E-state index is -0.362. The predicted octanol–water partition coefficient (Wildman–Crippen LogP) is 3.37. The quantitative estimate of drug-likeness (QED) is 0.914. The van der Waals surface area contributed by atoms with E-state index in [-0.39, 0.29) is 11.2 Å². The number of aromatic nitrogens is 2. The molecule has 0 aliphatic heterocycles. The second kappa shape index (κ2) is 5.34. The molecule has 4 heteroatoms. The maximum absolute atomic E-state index is 13.0. The first-order valence-corrected chi connectivity index (χ1v) is 6.37. The number of rotatable bonds is 4. The van der Waals surface area contributed by atoms with Gasteiger partial charge >= 0.3 is 0 Å². The van der Waals surface area contributed by atoms with Gasteiger partial charge in [-0.15, -0.1) is 0 Å². The van der Waals surface area contributed by atoms with Crippen molar-refractivity contribution in [2.45, 2.75) is 26.2 Å². The van der Waals surface area contributed by atoms with Gasteiger partial charge in [-0.05, 0) is 44.5 Å². The van der Waals surface area contributed by atoms with Crippen LogP contribution >= 0.6 is 0 Å². The van der Waals surface area contributed by atoms with E-state index in [0.717, 1.165) is 23.8 Å². The highest BCUT2D eigenvalue weighted by Crippen LogP contribution is 2.29. The lowest BCUT2D eigenvalue weighted by Crippen LogP contribution is -2.23. The van der Waals surface area contributed by atoms with Crippen LogP contribution in [0.25, 0.3) is 0 Å². The summed E-state index contributed by atoms with van der Waals surface area (Å²) in [6.07, 6.45) is 1.74. The lowest BCUT2D eigenvalue weighted by atomic mass is 9.84. The highest BCUT2D eigenvalue weighted by molar-refractivity contribution is 5.37. The van der Waals surface area contributed by atoms with Crippen molar-refractivity contribution in [1.29, 1.82) is 0 Å². The minimum Gasteiger partial charge on any atom is -0.370 e. The van der Waals surface area contributed by atoms with Crippen molar-refractivity contribution < 1.29 is 4.39 Å². The predicted molar refractivity (Wildman–Crippen MR) is 74.7 cm³/mol. The fourth-order valence-electron chi connectivity index (χ4n) is 1.94. The first kappa shape index (κ1) is 13.5. The molecule has 0 unspecified atom stereocenters. The van der Waals surface area contributed by atoms with Gasteiger partial charge in [0.2, 0.25) is 0 Å². The van der Waals surface area contributed by atoms with Gasteiger partial charge in [-0.25, -0.2) is 14.4 Å². The number of hydrogen-bond acceptors (Lipinski definition) is 3. The largest absolute Gasteiger partial charge is 0.370 e. The molecule has 19 heavy (non-hydrogen) atoms. The molecule has 0 saturated carbocycles. The first-order valence-electron chi connectivity index (χ1n) is 6.37. The van der Waals surface area contributed by atoms with Crippen molar-refractivity contribution >= 4 is 5.82 Å². The molecule has 0 radical (unpaired) electrons. The van der Waals surface area contributed by atoms with E-state index in [1.165, 1.54) is 12.1 Å². The molecular formula is C15H18FN3. The van der Waals surface area contributed by atoms with Crippen molar-refractivity contribution in [1.82, 2.24) is 9.97 Å². The zero-order chi connectivity index (χ0) is 13.9. The average molecular weight is 259 g/mol. The molecule has 1 N–H and O–H groups in total. The molecule has 0 amide bonds. The van der Waals surface area contributed by atoms with Crippen molar-refractivity contribution in [3.63, 3.8) is 0 Å². The summed E-state index contributed by atoms with van der Waals surface area (Å²) in [5, 5.41) is 3.17. The van der Waals surface area contributed by atoms with E-state index in [2.05, 4.69) is 15.3 Å². The SMILES string of the molecule is CCNc1ccnc(C(C)(C)c2ccc(F)cc2)n1. The van der Waals surface area contributed by atoms with Crippen molar-refractivity contribution in [2.24, 2.45) is 0 Å². The molecule has 0 spiro atoms. The molecule has 100 valence electrons. The molecule has 1 heterocycles. The zero-order valence-corrected chi connectivity index (χ0v) is 11.4. The zero-order valence-electron chi connectivity index (χ0n) is 11.4. The monoisotopic (exact) mass is 259 g/mol. The summed E-state index contributed by atoms with van der Waals surface area (Å²) >= 11 is 0. The van der Waals surface area contributed by atoms with Gasteiger partial charge in [0.1, 0.15) is 17.5 Å². The fourth-order valence-corrected chi connectivity index (χ4v) is 1.94. The summed E-state index contributed by atoms with van der Waals surface area (Å²) in [5.74, 6) is 1.29. The lowest BCUT2D eigenvalue weighted by Gasteiger charge is -2.24. The molecule has 2 aromatic rings.